The first-order chi connectivity index (χ1) is 16.7. The van der Waals surface area contributed by atoms with Crippen molar-refractivity contribution in [2.45, 2.75) is 24.3 Å². The van der Waals surface area contributed by atoms with Gasteiger partial charge in [-0.1, -0.05) is 66.4 Å². The fraction of sp³-hybridized carbons (Fsp3) is 0.214. The van der Waals surface area contributed by atoms with Crippen LogP contribution in [0.4, 0.5) is 5.69 Å². The van der Waals surface area contributed by atoms with E-state index in [1.165, 1.54) is 22.9 Å². The monoisotopic (exact) mass is 470 g/mol. The van der Waals surface area contributed by atoms with Gasteiger partial charge in [0.15, 0.2) is 0 Å². The molecule has 0 aliphatic carbocycles. The number of thioether (sulfide) groups is 1. The van der Waals surface area contributed by atoms with Crippen LogP contribution in [0.2, 0.25) is 0 Å². The molecule has 0 radical (unpaired) electrons. The molecule has 0 aromatic heterocycles. The van der Waals surface area contributed by atoms with Crippen LogP contribution in [0.1, 0.15) is 33.5 Å². The Morgan fingerprint density at radius 2 is 1.82 bits per heavy atom. The van der Waals surface area contributed by atoms with E-state index in [9.17, 15) is 9.59 Å². The maximum absolute atomic E-state index is 12.7. The molecule has 172 valence electrons. The topological polar surface area (TPSA) is 62.6 Å². The number of hydrogen-bond donors (Lipinski definition) is 3. The second-order valence-electron chi connectivity index (χ2n) is 8.74. The van der Waals surface area contributed by atoms with Gasteiger partial charge in [-0.25, -0.2) is 0 Å². The SMILES string of the molecule is O=C1Nc2cc(C(=O)NCCC[NH+]3CCc4ccccc4C3)ccc2SC1=Cc1ccccc1. The van der Waals surface area contributed by atoms with Crippen molar-refractivity contribution in [3.8, 4) is 0 Å². The molecule has 2 aliphatic rings. The van der Waals surface area contributed by atoms with E-state index in [2.05, 4.69) is 34.9 Å². The van der Waals surface area contributed by atoms with Crippen LogP contribution in [0, 0.1) is 0 Å². The number of carbonyl (C=O) groups excluding carboxylic acids is 2. The second kappa shape index (κ2) is 10.3. The van der Waals surface area contributed by atoms with Gasteiger partial charge in [0.1, 0.15) is 6.54 Å². The minimum Gasteiger partial charge on any atom is -0.352 e. The van der Waals surface area contributed by atoms with E-state index < -0.39 is 0 Å². The summed E-state index contributed by atoms with van der Waals surface area (Å²) in [5.74, 6) is -0.253. The lowest BCUT2D eigenvalue weighted by atomic mass is 10.00. The third-order valence-corrected chi connectivity index (χ3v) is 7.43. The predicted molar refractivity (Wildman–Crippen MR) is 137 cm³/mol. The van der Waals surface area contributed by atoms with Crippen molar-refractivity contribution >= 4 is 35.3 Å². The van der Waals surface area contributed by atoms with Crippen LogP contribution >= 0.6 is 11.8 Å². The molecule has 0 fully saturated rings. The number of anilines is 1. The molecule has 0 saturated heterocycles. The van der Waals surface area contributed by atoms with Gasteiger partial charge in [0.25, 0.3) is 11.8 Å². The maximum atomic E-state index is 12.7. The van der Waals surface area contributed by atoms with E-state index in [0.29, 0.717) is 22.7 Å². The molecule has 5 nitrogen and oxygen atoms in total. The fourth-order valence-corrected chi connectivity index (χ4v) is 5.43. The summed E-state index contributed by atoms with van der Waals surface area (Å²) in [5.41, 5.74) is 5.15. The summed E-state index contributed by atoms with van der Waals surface area (Å²) in [6.07, 6.45) is 3.94. The summed E-state index contributed by atoms with van der Waals surface area (Å²) < 4.78 is 0. The molecule has 1 unspecified atom stereocenters. The summed E-state index contributed by atoms with van der Waals surface area (Å²) in [6.45, 7) is 3.90. The first-order valence-corrected chi connectivity index (χ1v) is 12.6. The van der Waals surface area contributed by atoms with Crippen LogP contribution in [0.25, 0.3) is 6.08 Å². The van der Waals surface area contributed by atoms with E-state index in [4.69, 9.17) is 0 Å². The Bertz CT molecular complexity index is 1240. The van der Waals surface area contributed by atoms with Crippen LogP contribution < -0.4 is 15.5 Å². The molecule has 3 N–H and O–H groups in total. The number of amides is 2. The Kier molecular flexibility index (Phi) is 6.79. The van der Waals surface area contributed by atoms with Crippen LogP contribution in [0.15, 0.2) is 82.6 Å². The molecule has 2 amide bonds. The molecule has 2 heterocycles. The van der Waals surface area contributed by atoms with Crippen molar-refractivity contribution in [1.82, 2.24) is 5.32 Å². The Morgan fingerprint density at radius 1 is 1.03 bits per heavy atom. The molecule has 5 rings (SSSR count). The van der Waals surface area contributed by atoms with Crippen LogP contribution in [0.3, 0.4) is 0 Å². The number of carbonyl (C=O) groups is 2. The van der Waals surface area contributed by atoms with Crippen molar-refractivity contribution < 1.29 is 14.5 Å². The summed E-state index contributed by atoms with van der Waals surface area (Å²) >= 11 is 1.43. The highest BCUT2D eigenvalue weighted by atomic mass is 32.2. The predicted octanol–water partition coefficient (Wildman–Crippen LogP) is 3.53. The average molecular weight is 471 g/mol. The van der Waals surface area contributed by atoms with Gasteiger partial charge in [0.05, 0.1) is 23.7 Å². The van der Waals surface area contributed by atoms with Gasteiger partial charge >= 0.3 is 0 Å². The van der Waals surface area contributed by atoms with Gasteiger partial charge < -0.3 is 15.5 Å². The van der Waals surface area contributed by atoms with Crippen LogP contribution in [0.5, 0.6) is 0 Å². The zero-order valence-electron chi connectivity index (χ0n) is 19.0. The highest BCUT2D eigenvalue weighted by molar-refractivity contribution is 8.04. The quantitative estimate of drug-likeness (QED) is 0.382. The van der Waals surface area contributed by atoms with E-state index in [-0.39, 0.29) is 11.8 Å². The molecule has 3 aromatic rings. The molecule has 3 aromatic carbocycles. The van der Waals surface area contributed by atoms with Crippen molar-refractivity contribution in [2.75, 3.05) is 25.0 Å². The molecule has 0 saturated carbocycles. The summed E-state index contributed by atoms with van der Waals surface area (Å²) in [7, 11) is 0. The van der Waals surface area contributed by atoms with E-state index >= 15 is 0 Å². The van der Waals surface area contributed by atoms with Gasteiger partial charge in [0, 0.05) is 35.4 Å². The standard InChI is InChI=1S/C28H27N3O2S/c32-27(29-14-6-15-31-16-13-21-9-4-5-10-23(21)19-31)22-11-12-25-24(18-22)30-28(33)26(34-25)17-20-7-2-1-3-8-20/h1-5,7-12,17-18H,6,13-16,19H2,(H,29,32)(H,30,33)/p+1. The fourth-order valence-electron chi connectivity index (χ4n) is 4.50. The largest absolute Gasteiger partial charge is 0.352 e. The third-order valence-electron chi connectivity index (χ3n) is 6.33. The zero-order valence-corrected chi connectivity index (χ0v) is 19.8. The number of hydrogen-bond acceptors (Lipinski definition) is 3. The minimum atomic E-state index is -0.148. The number of quaternary nitrogens is 1. The Balaban J connectivity index is 1.14. The molecule has 0 spiro atoms. The number of fused-ring (bicyclic) bond motifs is 2. The molecular weight excluding hydrogens is 442 g/mol. The number of nitrogens with one attached hydrogen (secondary N) is 3. The normalized spacial score (nSPS) is 18.1. The van der Waals surface area contributed by atoms with E-state index in [1.54, 1.807) is 11.0 Å². The van der Waals surface area contributed by atoms with Gasteiger partial charge in [-0.15, -0.1) is 0 Å². The Morgan fingerprint density at radius 3 is 2.68 bits per heavy atom. The van der Waals surface area contributed by atoms with E-state index in [0.717, 1.165) is 42.9 Å². The average Bonchev–Trinajstić information content (AvgIpc) is 2.87. The molecule has 1 atom stereocenters. The zero-order chi connectivity index (χ0) is 23.3. The van der Waals surface area contributed by atoms with Gasteiger partial charge in [-0.3, -0.25) is 9.59 Å². The highest BCUT2D eigenvalue weighted by Gasteiger charge is 2.22. The van der Waals surface area contributed by atoms with Crippen molar-refractivity contribution in [3.05, 3.63) is 100.0 Å². The molecule has 0 bridgehead atoms. The summed E-state index contributed by atoms with van der Waals surface area (Å²) in [5, 5.41) is 5.97. The number of rotatable bonds is 6. The smallest absolute Gasteiger partial charge is 0.262 e. The molecule has 2 aliphatic heterocycles. The molecular formula is C28H28N3O2S+. The van der Waals surface area contributed by atoms with E-state index in [1.807, 2.05) is 48.5 Å². The first-order valence-electron chi connectivity index (χ1n) is 11.7. The van der Waals surface area contributed by atoms with Crippen molar-refractivity contribution in [2.24, 2.45) is 0 Å². The first kappa shape index (κ1) is 22.4. The van der Waals surface area contributed by atoms with Gasteiger partial charge in [-0.2, -0.15) is 0 Å². The van der Waals surface area contributed by atoms with Crippen LogP contribution in [-0.2, 0) is 17.8 Å². The lowest BCUT2D eigenvalue weighted by Gasteiger charge is -2.25. The second-order valence-corrected chi connectivity index (χ2v) is 9.83. The van der Waals surface area contributed by atoms with Crippen molar-refractivity contribution in [3.63, 3.8) is 0 Å². The third kappa shape index (κ3) is 5.24. The van der Waals surface area contributed by atoms with Crippen LogP contribution in [-0.4, -0.2) is 31.4 Å². The molecule has 6 heteroatoms. The van der Waals surface area contributed by atoms with Crippen molar-refractivity contribution in [1.29, 1.82) is 0 Å². The minimum absolute atomic E-state index is 0.105. The molecule has 34 heavy (non-hydrogen) atoms. The number of benzene rings is 3. The highest BCUT2D eigenvalue weighted by Crippen LogP contribution is 2.39. The van der Waals surface area contributed by atoms with Gasteiger partial charge in [-0.05, 0) is 35.4 Å². The Hall–Kier alpha value is -3.35. The van der Waals surface area contributed by atoms with Gasteiger partial charge in [0.2, 0.25) is 0 Å². The Labute approximate surface area is 204 Å². The maximum Gasteiger partial charge on any atom is 0.262 e. The summed E-state index contributed by atoms with van der Waals surface area (Å²) in [6, 6.07) is 24.0. The lowest BCUT2D eigenvalue weighted by molar-refractivity contribution is -0.916. The lowest BCUT2D eigenvalue weighted by Crippen LogP contribution is -3.11. The summed E-state index contributed by atoms with van der Waals surface area (Å²) in [4.78, 5) is 28.4.